The van der Waals surface area contributed by atoms with Gasteiger partial charge in [-0.1, -0.05) is 38.8 Å². The maximum Gasteiger partial charge on any atom is 0.242 e. The summed E-state index contributed by atoms with van der Waals surface area (Å²) in [6.45, 7) is 7.78. The molecule has 0 aliphatic carbocycles. The summed E-state index contributed by atoms with van der Waals surface area (Å²) in [5, 5.41) is 3.02. The molecule has 0 fully saturated rings. The van der Waals surface area contributed by atoms with Gasteiger partial charge in [-0.2, -0.15) is 0 Å². The Balaban J connectivity index is 2.71. The van der Waals surface area contributed by atoms with Crippen LogP contribution in [-0.2, 0) is 4.79 Å². The normalized spacial score (nSPS) is 12.0. The third kappa shape index (κ3) is 5.29. The van der Waals surface area contributed by atoms with Gasteiger partial charge in [0.15, 0.2) is 0 Å². The van der Waals surface area contributed by atoms with Crippen molar-refractivity contribution in [2.45, 2.75) is 52.5 Å². The second-order valence-corrected chi connectivity index (χ2v) is 5.43. The molecule has 21 heavy (non-hydrogen) atoms. The van der Waals surface area contributed by atoms with Gasteiger partial charge in [0.1, 0.15) is 6.04 Å². The molecule has 0 heterocycles. The van der Waals surface area contributed by atoms with E-state index in [0.29, 0.717) is 0 Å². The lowest BCUT2D eigenvalue weighted by Gasteiger charge is -2.31. The Hall–Kier alpha value is -1.71. The summed E-state index contributed by atoms with van der Waals surface area (Å²) in [4.78, 5) is 14.4. The summed E-state index contributed by atoms with van der Waals surface area (Å²) < 4.78 is 0. The predicted molar refractivity (Wildman–Crippen MR) is 90.5 cm³/mol. The van der Waals surface area contributed by atoms with Crippen molar-refractivity contribution in [3.05, 3.63) is 24.3 Å². The molecule has 1 rings (SSSR count). The number of nitrogens with zero attached hydrogens (tertiary/aromatic N) is 1. The van der Waals surface area contributed by atoms with E-state index in [0.717, 1.165) is 50.1 Å². The highest BCUT2D eigenvalue weighted by Crippen LogP contribution is 2.24. The van der Waals surface area contributed by atoms with Crippen LogP contribution in [0.4, 0.5) is 11.4 Å². The lowest BCUT2D eigenvalue weighted by Crippen LogP contribution is -2.46. The van der Waals surface area contributed by atoms with E-state index in [-0.39, 0.29) is 11.9 Å². The molecule has 4 nitrogen and oxygen atoms in total. The van der Waals surface area contributed by atoms with E-state index < -0.39 is 0 Å². The topological polar surface area (TPSA) is 58.4 Å². The molecule has 1 atom stereocenters. The number of hydrogen-bond donors (Lipinski definition) is 2. The quantitative estimate of drug-likeness (QED) is 0.542. The van der Waals surface area contributed by atoms with Gasteiger partial charge in [0.05, 0.1) is 11.4 Å². The summed E-state index contributed by atoms with van der Waals surface area (Å²) >= 11 is 0. The number of anilines is 2. The molecule has 0 aromatic heterocycles. The average Bonchev–Trinajstić information content (AvgIpc) is 2.49. The highest BCUT2D eigenvalue weighted by Gasteiger charge is 2.21. The fraction of sp³-hybridized carbons (Fsp3) is 0.588. The largest absolute Gasteiger partial charge is 0.397 e. The highest BCUT2D eigenvalue weighted by atomic mass is 16.2. The van der Waals surface area contributed by atoms with Crippen molar-refractivity contribution in [2.24, 2.45) is 0 Å². The van der Waals surface area contributed by atoms with Gasteiger partial charge in [-0.05, 0) is 31.9 Å². The third-order valence-corrected chi connectivity index (χ3v) is 3.64. The van der Waals surface area contributed by atoms with Crippen LogP contribution in [0, 0.1) is 0 Å². The lowest BCUT2D eigenvalue weighted by atomic mass is 10.1. The van der Waals surface area contributed by atoms with E-state index in [1.807, 2.05) is 31.2 Å². The van der Waals surface area contributed by atoms with E-state index in [2.05, 4.69) is 24.1 Å². The average molecular weight is 291 g/mol. The Bertz CT molecular complexity index is 434. The smallest absolute Gasteiger partial charge is 0.242 e. The SMILES string of the molecule is CCCCCNC(=O)C(C)N(CCC)c1ccccc1N. The fourth-order valence-electron chi connectivity index (χ4n) is 2.39. The van der Waals surface area contributed by atoms with Crippen molar-refractivity contribution in [2.75, 3.05) is 23.7 Å². The Morgan fingerprint density at radius 3 is 2.57 bits per heavy atom. The molecule has 0 aliphatic rings. The summed E-state index contributed by atoms with van der Waals surface area (Å²) in [7, 11) is 0. The summed E-state index contributed by atoms with van der Waals surface area (Å²) in [6, 6.07) is 7.52. The maximum atomic E-state index is 12.3. The van der Waals surface area contributed by atoms with E-state index >= 15 is 0 Å². The molecule has 1 aromatic rings. The predicted octanol–water partition coefficient (Wildman–Crippen LogP) is 3.18. The van der Waals surface area contributed by atoms with Crippen molar-refractivity contribution < 1.29 is 4.79 Å². The first-order chi connectivity index (χ1) is 10.1. The standard InChI is InChI=1S/C17H29N3O/c1-4-6-9-12-19-17(21)14(3)20(13-5-2)16-11-8-7-10-15(16)18/h7-8,10-11,14H,4-6,9,12-13,18H2,1-3H3,(H,19,21). The number of rotatable bonds is 9. The van der Waals surface area contributed by atoms with E-state index in [9.17, 15) is 4.79 Å². The molecule has 0 aliphatic heterocycles. The van der Waals surface area contributed by atoms with Crippen LogP contribution in [0.1, 0.15) is 46.5 Å². The molecule has 4 heteroatoms. The number of nitrogen functional groups attached to an aromatic ring is 1. The number of amides is 1. The van der Waals surface area contributed by atoms with Gasteiger partial charge in [0.25, 0.3) is 0 Å². The Morgan fingerprint density at radius 1 is 1.24 bits per heavy atom. The van der Waals surface area contributed by atoms with E-state index in [1.54, 1.807) is 0 Å². The van der Waals surface area contributed by atoms with Crippen LogP contribution in [-0.4, -0.2) is 25.0 Å². The molecule has 0 saturated heterocycles. The third-order valence-electron chi connectivity index (χ3n) is 3.64. The van der Waals surface area contributed by atoms with Gasteiger partial charge in [-0.15, -0.1) is 0 Å². The van der Waals surface area contributed by atoms with Gasteiger partial charge in [0, 0.05) is 13.1 Å². The van der Waals surface area contributed by atoms with Crippen LogP contribution in [0.5, 0.6) is 0 Å². The maximum absolute atomic E-state index is 12.3. The lowest BCUT2D eigenvalue weighted by molar-refractivity contribution is -0.122. The number of hydrogen-bond acceptors (Lipinski definition) is 3. The van der Waals surface area contributed by atoms with Crippen molar-refractivity contribution >= 4 is 17.3 Å². The van der Waals surface area contributed by atoms with Crippen LogP contribution >= 0.6 is 0 Å². The van der Waals surface area contributed by atoms with Gasteiger partial charge < -0.3 is 16.0 Å². The molecule has 0 spiro atoms. The molecule has 1 amide bonds. The Labute approximate surface area is 128 Å². The van der Waals surface area contributed by atoms with Gasteiger partial charge >= 0.3 is 0 Å². The zero-order valence-electron chi connectivity index (χ0n) is 13.6. The van der Waals surface area contributed by atoms with Gasteiger partial charge in [0.2, 0.25) is 5.91 Å². The molecule has 0 bridgehead atoms. The molecule has 1 aromatic carbocycles. The van der Waals surface area contributed by atoms with Crippen molar-refractivity contribution in [3.8, 4) is 0 Å². The second-order valence-electron chi connectivity index (χ2n) is 5.43. The van der Waals surface area contributed by atoms with Crippen LogP contribution < -0.4 is 16.0 Å². The highest BCUT2D eigenvalue weighted by molar-refractivity contribution is 5.86. The minimum Gasteiger partial charge on any atom is -0.397 e. The van der Waals surface area contributed by atoms with Gasteiger partial charge in [-0.3, -0.25) is 4.79 Å². The first kappa shape index (κ1) is 17.3. The minimum atomic E-state index is -0.212. The van der Waals surface area contributed by atoms with Gasteiger partial charge in [-0.25, -0.2) is 0 Å². The monoisotopic (exact) mass is 291 g/mol. The first-order valence-electron chi connectivity index (χ1n) is 8.00. The van der Waals surface area contributed by atoms with Crippen LogP contribution in [0.15, 0.2) is 24.3 Å². The molecule has 0 saturated carbocycles. The number of nitrogens with two attached hydrogens (primary N) is 1. The number of unbranched alkanes of at least 4 members (excludes halogenated alkanes) is 2. The molecule has 0 radical (unpaired) electrons. The minimum absolute atomic E-state index is 0.0720. The number of para-hydroxylation sites is 2. The van der Waals surface area contributed by atoms with Crippen LogP contribution in [0.3, 0.4) is 0 Å². The van der Waals surface area contributed by atoms with E-state index in [4.69, 9.17) is 5.73 Å². The number of nitrogens with one attached hydrogen (secondary N) is 1. The summed E-state index contributed by atoms with van der Waals surface area (Å²) in [5.74, 6) is 0.0720. The molecule has 1 unspecified atom stereocenters. The van der Waals surface area contributed by atoms with Crippen LogP contribution in [0.25, 0.3) is 0 Å². The first-order valence-corrected chi connectivity index (χ1v) is 8.00. The summed E-state index contributed by atoms with van der Waals surface area (Å²) in [5.41, 5.74) is 7.72. The van der Waals surface area contributed by atoms with Crippen LogP contribution in [0.2, 0.25) is 0 Å². The van der Waals surface area contributed by atoms with Crippen molar-refractivity contribution in [1.29, 1.82) is 0 Å². The Morgan fingerprint density at radius 2 is 1.95 bits per heavy atom. The fourth-order valence-corrected chi connectivity index (χ4v) is 2.39. The second kappa shape index (κ2) is 9.27. The molecule has 3 N–H and O–H groups in total. The number of benzene rings is 1. The summed E-state index contributed by atoms with van der Waals surface area (Å²) in [6.07, 6.45) is 4.32. The number of carbonyl (C=O) groups excluding carboxylic acids is 1. The Kier molecular flexibility index (Phi) is 7.65. The number of carbonyl (C=O) groups is 1. The molecular formula is C17H29N3O. The molecule has 118 valence electrons. The van der Waals surface area contributed by atoms with Crippen molar-refractivity contribution in [1.82, 2.24) is 5.32 Å². The zero-order valence-corrected chi connectivity index (χ0v) is 13.6. The zero-order chi connectivity index (χ0) is 15.7. The molecular weight excluding hydrogens is 262 g/mol. The van der Waals surface area contributed by atoms with E-state index in [1.165, 1.54) is 0 Å². The van der Waals surface area contributed by atoms with Crippen molar-refractivity contribution in [3.63, 3.8) is 0 Å².